The van der Waals surface area contributed by atoms with Gasteiger partial charge in [-0.1, -0.05) is 55.5 Å². The molecule has 27 heavy (non-hydrogen) atoms. The van der Waals surface area contributed by atoms with Crippen LogP contribution in [0.5, 0.6) is 0 Å². The molecule has 1 heterocycles. The van der Waals surface area contributed by atoms with Crippen LogP contribution in [-0.2, 0) is 20.9 Å². The zero-order valence-corrected chi connectivity index (χ0v) is 16.1. The van der Waals surface area contributed by atoms with E-state index >= 15 is 0 Å². The highest BCUT2D eigenvalue weighted by Crippen LogP contribution is 2.17. The molecule has 1 aliphatic heterocycles. The Kier molecular flexibility index (Phi) is 6.48. The molecular formula is C21H29N3O3. The van der Waals surface area contributed by atoms with E-state index < -0.39 is 11.8 Å². The molecule has 1 saturated carbocycles. The van der Waals surface area contributed by atoms with Crippen molar-refractivity contribution in [1.29, 1.82) is 0 Å². The summed E-state index contributed by atoms with van der Waals surface area (Å²) in [5.74, 6) is -1.26. The van der Waals surface area contributed by atoms with Crippen LogP contribution in [0.2, 0.25) is 0 Å². The molecule has 3 amide bonds. The molecule has 0 aromatic heterocycles. The summed E-state index contributed by atoms with van der Waals surface area (Å²) in [6.07, 6.45) is 6.73. The third-order valence-electron chi connectivity index (χ3n) is 5.41. The number of piperazine rings is 1. The number of hydrogen-bond acceptors (Lipinski definition) is 3. The van der Waals surface area contributed by atoms with Gasteiger partial charge in [0, 0.05) is 25.7 Å². The van der Waals surface area contributed by atoms with E-state index in [1.165, 1.54) is 17.7 Å². The lowest BCUT2D eigenvalue weighted by molar-refractivity contribution is -0.157. The number of aryl methyl sites for hydroxylation is 1. The van der Waals surface area contributed by atoms with Gasteiger partial charge in [-0.05, 0) is 25.3 Å². The average Bonchev–Trinajstić information content (AvgIpc) is 2.90. The largest absolute Gasteiger partial charge is 0.352 e. The molecule has 1 N–H and O–H groups in total. The summed E-state index contributed by atoms with van der Waals surface area (Å²) in [6, 6.07) is 8.13. The maximum absolute atomic E-state index is 12.4. The Morgan fingerprint density at radius 1 is 1.04 bits per heavy atom. The molecule has 0 atom stereocenters. The lowest BCUT2D eigenvalue weighted by Gasteiger charge is -2.33. The van der Waals surface area contributed by atoms with Crippen molar-refractivity contribution in [3.63, 3.8) is 0 Å². The summed E-state index contributed by atoms with van der Waals surface area (Å²) in [4.78, 5) is 40.1. The molecule has 3 rings (SSSR count). The minimum absolute atomic E-state index is 0.0284. The number of nitrogens with one attached hydrogen (secondary N) is 1. The molecule has 0 unspecified atom stereocenters. The second-order valence-corrected chi connectivity index (χ2v) is 7.70. The Labute approximate surface area is 160 Å². The molecule has 146 valence electrons. The molecule has 6 heteroatoms. The molecule has 2 fully saturated rings. The van der Waals surface area contributed by atoms with E-state index in [2.05, 4.69) is 5.32 Å². The summed E-state index contributed by atoms with van der Waals surface area (Å²) in [6.45, 7) is 3.25. The summed E-state index contributed by atoms with van der Waals surface area (Å²) in [7, 11) is 0. The second-order valence-electron chi connectivity index (χ2n) is 7.70. The van der Waals surface area contributed by atoms with Gasteiger partial charge < -0.3 is 15.1 Å². The molecule has 1 saturated heterocycles. The third-order valence-corrected chi connectivity index (χ3v) is 5.41. The number of rotatable bonds is 5. The predicted molar refractivity (Wildman–Crippen MR) is 103 cm³/mol. The van der Waals surface area contributed by atoms with Crippen molar-refractivity contribution in [2.45, 2.75) is 58.0 Å². The number of hydrogen-bond donors (Lipinski definition) is 1. The number of amides is 3. The minimum Gasteiger partial charge on any atom is -0.352 e. The zero-order chi connectivity index (χ0) is 19.2. The van der Waals surface area contributed by atoms with Crippen LogP contribution in [0, 0.1) is 6.92 Å². The average molecular weight is 371 g/mol. The smallest absolute Gasteiger partial charge is 0.312 e. The Bertz CT molecular complexity index is 696. The lowest BCUT2D eigenvalue weighted by atomic mass is 10.1. The van der Waals surface area contributed by atoms with E-state index in [0.29, 0.717) is 19.6 Å². The minimum atomic E-state index is -0.579. The topological polar surface area (TPSA) is 69.7 Å². The van der Waals surface area contributed by atoms with Crippen LogP contribution in [0.3, 0.4) is 0 Å². The molecule has 1 aromatic rings. The van der Waals surface area contributed by atoms with E-state index in [0.717, 1.165) is 36.8 Å². The van der Waals surface area contributed by atoms with E-state index in [9.17, 15) is 14.4 Å². The maximum Gasteiger partial charge on any atom is 0.312 e. The molecule has 1 aromatic carbocycles. The summed E-state index contributed by atoms with van der Waals surface area (Å²) >= 11 is 0. The normalized spacial score (nSPS) is 19.1. The second kappa shape index (κ2) is 9.02. The van der Waals surface area contributed by atoms with Crippen molar-refractivity contribution in [2.24, 2.45) is 0 Å². The highest BCUT2D eigenvalue weighted by Gasteiger charge is 2.33. The molecule has 0 spiro atoms. The van der Waals surface area contributed by atoms with Crippen LogP contribution in [0.25, 0.3) is 0 Å². The Morgan fingerprint density at radius 3 is 2.41 bits per heavy atom. The fraction of sp³-hybridized carbons (Fsp3) is 0.571. The van der Waals surface area contributed by atoms with Crippen molar-refractivity contribution < 1.29 is 14.4 Å². The van der Waals surface area contributed by atoms with Gasteiger partial charge >= 0.3 is 11.8 Å². The van der Waals surface area contributed by atoms with Crippen LogP contribution < -0.4 is 5.32 Å². The van der Waals surface area contributed by atoms with Gasteiger partial charge in [0.25, 0.3) is 0 Å². The van der Waals surface area contributed by atoms with Gasteiger partial charge in [0.05, 0.1) is 0 Å². The monoisotopic (exact) mass is 371 g/mol. The quantitative estimate of drug-likeness (QED) is 0.636. The van der Waals surface area contributed by atoms with Crippen LogP contribution in [0.15, 0.2) is 24.3 Å². The van der Waals surface area contributed by atoms with Crippen LogP contribution in [0.4, 0.5) is 0 Å². The van der Waals surface area contributed by atoms with Crippen molar-refractivity contribution in [1.82, 2.24) is 15.1 Å². The van der Waals surface area contributed by atoms with Crippen molar-refractivity contribution in [3.05, 3.63) is 35.4 Å². The fourth-order valence-electron chi connectivity index (χ4n) is 3.92. The van der Waals surface area contributed by atoms with E-state index in [-0.39, 0.29) is 18.5 Å². The van der Waals surface area contributed by atoms with Gasteiger partial charge in [0.15, 0.2) is 0 Å². The predicted octanol–water partition coefficient (Wildman–Crippen LogP) is 2.00. The number of carbonyl (C=O) groups excluding carboxylic acids is 3. The summed E-state index contributed by atoms with van der Waals surface area (Å²) < 4.78 is 0. The van der Waals surface area contributed by atoms with Crippen molar-refractivity contribution >= 4 is 17.7 Å². The van der Waals surface area contributed by atoms with E-state index in [1.54, 1.807) is 4.90 Å². The first-order chi connectivity index (χ1) is 13.0. The van der Waals surface area contributed by atoms with Gasteiger partial charge in [-0.25, -0.2) is 0 Å². The molecule has 6 nitrogen and oxygen atoms in total. The Morgan fingerprint density at radius 2 is 1.70 bits per heavy atom. The van der Waals surface area contributed by atoms with Gasteiger partial charge in [-0.3, -0.25) is 14.4 Å². The standard InChI is InChI=1S/C21H29N3O3/c1-16-7-6-8-17(13-16)14-23-11-12-24(21(27)20(23)26)15-19(25)22-18-9-4-2-3-5-10-18/h6-8,13,18H,2-5,9-12,14-15H2,1H3,(H,22,25). The molecule has 1 aliphatic carbocycles. The van der Waals surface area contributed by atoms with Crippen LogP contribution >= 0.6 is 0 Å². The Balaban J connectivity index is 1.51. The molecule has 0 bridgehead atoms. The number of nitrogens with zero attached hydrogens (tertiary/aromatic N) is 2. The maximum atomic E-state index is 12.4. The van der Waals surface area contributed by atoms with Gasteiger partial charge in [0.2, 0.25) is 5.91 Å². The SMILES string of the molecule is Cc1cccc(CN2CCN(CC(=O)NC3CCCCCC3)C(=O)C2=O)c1. The first kappa shape index (κ1) is 19.4. The van der Waals surface area contributed by atoms with Gasteiger partial charge in [-0.15, -0.1) is 0 Å². The lowest BCUT2D eigenvalue weighted by Crippen LogP contribution is -2.56. The van der Waals surface area contributed by atoms with Crippen molar-refractivity contribution in [2.75, 3.05) is 19.6 Å². The van der Waals surface area contributed by atoms with Crippen LogP contribution in [-0.4, -0.2) is 53.2 Å². The number of carbonyl (C=O) groups is 3. The third kappa shape index (κ3) is 5.31. The molecule has 2 aliphatic rings. The summed E-state index contributed by atoms with van der Waals surface area (Å²) in [5, 5.41) is 3.04. The first-order valence-electron chi connectivity index (χ1n) is 9.96. The number of benzene rings is 1. The van der Waals surface area contributed by atoms with Gasteiger partial charge in [0.1, 0.15) is 6.54 Å². The van der Waals surface area contributed by atoms with Gasteiger partial charge in [-0.2, -0.15) is 0 Å². The Hall–Kier alpha value is -2.37. The first-order valence-corrected chi connectivity index (χ1v) is 9.96. The summed E-state index contributed by atoms with van der Waals surface area (Å²) in [5.41, 5.74) is 2.14. The van der Waals surface area contributed by atoms with E-state index in [4.69, 9.17) is 0 Å². The van der Waals surface area contributed by atoms with Crippen LogP contribution in [0.1, 0.15) is 49.7 Å². The highest BCUT2D eigenvalue weighted by atomic mass is 16.2. The van der Waals surface area contributed by atoms with E-state index in [1.807, 2.05) is 31.2 Å². The highest BCUT2D eigenvalue weighted by molar-refractivity contribution is 6.35. The van der Waals surface area contributed by atoms with Crippen molar-refractivity contribution in [3.8, 4) is 0 Å². The zero-order valence-electron chi connectivity index (χ0n) is 16.1. The molecule has 0 radical (unpaired) electrons. The molecular weight excluding hydrogens is 342 g/mol. The fourth-order valence-corrected chi connectivity index (χ4v) is 3.92.